The first-order chi connectivity index (χ1) is 7.08. The molecule has 0 spiro atoms. The largest absolute Gasteiger partial charge is 0.305 e. The van der Waals surface area contributed by atoms with Gasteiger partial charge in [0.1, 0.15) is 0 Å². The molecule has 0 fully saturated rings. The van der Waals surface area contributed by atoms with E-state index in [1.54, 1.807) is 0 Å². The number of fused-ring (bicyclic) bond motifs is 1. The van der Waals surface area contributed by atoms with Gasteiger partial charge < -0.3 is 0 Å². The number of nitro groups is 1. The van der Waals surface area contributed by atoms with Crippen LogP contribution >= 0.6 is 11.6 Å². The molecular weight excluding hydrogens is 225 g/mol. The number of rotatable bonds is 1. The lowest BCUT2D eigenvalue weighted by Crippen LogP contribution is -1.94. The summed E-state index contributed by atoms with van der Waals surface area (Å²) in [4.78, 5) is 17.0. The van der Waals surface area contributed by atoms with E-state index < -0.39 is 16.4 Å². The lowest BCUT2D eigenvalue weighted by Gasteiger charge is -1.98. The first-order valence-electron chi connectivity index (χ1n) is 3.84. The van der Waals surface area contributed by atoms with Crippen molar-refractivity contribution in [1.82, 2.24) is 9.97 Å². The Kier molecular flexibility index (Phi) is 2.20. The summed E-state index contributed by atoms with van der Waals surface area (Å²) in [5.74, 6) is -0.942. The standard InChI is InChI=1S/C8H3ClFN3O2/c9-8-11-3-4-1-7(13(14)15)5(10)2-6(4)12-8/h1-3H. The molecule has 0 saturated heterocycles. The zero-order chi connectivity index (χ0) is 11.0. The van der Waals surface area contributed by atoms with E-state index in [2.05, 4.69) is 9.97 Å². The van der Waals surface area contributed by atoms with Gasteiger partial charge in [0.15, 0.2) is 0 Å². The van der Waals surface area contributed by atoms with Crippen molar-refractivity contribution in [2.75, 3.05) is 0 Å². The molecule has 5 nitrogen and oxygen atoms in total. The topological polar surface area (TPSA) is 68.9 Å². The van der Waals surface area contributed by atoms with Crippen molar-refractivity contribution >= 4 is 28.2 Å². The van der Waals surface area contributed by atoms with E-state index in [4.69, 9.17) is 11.6 Å². The average Bonchev–Trinajstić information content (AvgIpc) is 2.15. The van der Waals surface area contributed by atoms with Crippen molar-refractivity contribution < 1.29 is 9.31 Å². The summed E-state index contributed by atoms with van der Waals surface area (Å²) in [5.41, 5.74) is -0.369. The molecule has 0 aliphatic rings. The molecule has 0 bridgehead atoms. The third-order valence-corrected chi connectivity index (χ3v) is 2.00. The van der Waals surface area contributed by atoms with Gasteiger partial charge in [-0.3, -0.25) is 10.1 Å². The van der Waals surface area contributed by atoms with Gasteiger partial charge in [-0.05, 0) is 11.6 Å². The molecule has 0 radical (unpaired) electrons. The van der Waals surface area contributed by atoms with Crippen molar-refractivity contribution in [3.63, 3.8) is 0 Å². The predicted molar refractivity (Wildman–Crippen MR) is 51.2 cm³/mol. The van der Waals surface area contributed by atoms with E-state index in [0.717, 1.165) is 12.1 Å². The van der Waals surface area contributed by atoms with E-state index in [9.17, 15) is 14.5 Å². The van der Waals surface area contributed by atoms with E-state index in [0.29, 0.717) is 5.39 Å². The first-order valence-corrected chi connectivity index (χ1v) is 4.22. The fraction of sp³-hybridized carbons (Fsp3) is 0. The highest BCUT2D eigenvalue weighted by Gasteiger charge is 2.15. The van der Waals surface area contributed by atoms with Crippen LogP contribution in [0.3, 0.4) is 0 Å². The van der Waals surface area contributed by atoms with E-state index in [-0.39, 0.29) is 10.8 Å². The Morgan fingerprint density at radius 3 is 2.87 bits per heavy atom. The Morgan fingerprint density at radius 1 is 1.47 bits per heavy atom. The van der Waals surface area contributed by atoms with Crippen molar-refractivity contribution in [3.8, 4) is 0 Å². The number of aromatic nitrogens is 2. The predicted octanol–water partition coefficient (Wildman–Crippen LogP) is 2.33. The van der Waals surface area contributed by atoms with E-state index in [1.165, 1.54) is 6.20 Å². The quantitative estimate of drug-likeness (QED) is 0.426. The van der Waals surface area contributed by atoms with Crippen LogP contribution in [0.4, 0.5) is 10.1 Å². The highest BCUT2D eigenvalue weighted by atomic mass is 35.5. The van der Waals surface area contributed by atoms with Crippen molar-refractivity contribution in [2.24, 2.45) is 0 Å². The van der Waals surface area contributed by atoms with Gasteiger partial charge in [0.05, 0.1) is 10.4 Å². The Morgan fingerprint density at radius 2 is 2.20 bits per heavy atom. The summed E-state index contributed by atoms with van der Waals surface area (Å²) in [5, 5.41) is 10.8. The van der Waals surface area contributed by atoms with E-state index in [1.807, 2.05) is 0 Å². The maximum atomic E-state index is 13.2. The van der Waals surface area contributed by atoms with Gasteiger partial charge in [0, 0.05) is 23.7 Å². The molecule has 76 valence electrons. The zero-order valence-electron chi connectivity index (χ0n) is 7.15. The molecule has 0 amide bonds. The Hall–Kier alpha value is -1.82. The average molecular weight is 228 g/mol. The lowest BCUT2D eigenvalue weighted by atomic mass is 10.2. The molecule has 1 aromatic heterocycles. The molecule has 2 aromatic rings. The van der Waals surface area contributed by atoms with Crippen LogP contribution in [-0.4, -0.2) is 14.9 Å². The van der Waals surface area contributed by atoms with Gasteiger partial charge >= 0.3 is 5.69 Å². The minimum absolute atomic E-state index is 0.0317. The van der Waals surface area contributed by atoms with Crippen LogP contribution in [0.1, 0.15) is 0 Å². The molecule has 0 unspecified atom stereocenters. The number of benzene rings is 1. The molecule has 15 heavy (non-hydrogen) atoms. The van der Waals surface area contributed by atoms with Gasteiger partial charge in [-0.2, -0.15) is 4.39 Å². The van der Waals surface area contributed by atoms with Gasteiger partial charge in [-0.1, -0.05) is 0 Å². The summed E-state index contributed by atoms with van der Waals surface area (Å²) >= 11 is 5.49. The van der Waals surface area contributed by atoms with Crippen molar-refractivity contribution in [2.45, 2.75) is 0 Å². The minimum atomic E-state index is -0.942. The fourth-order valence-corrected chi connectivity index (χ4v) is 1.30. The molecule has 2 rings (SSSR count). The second-order valence-electron chi connectivity index (χ2n) is 2.76. The van der Waals surface area contributed by atoms with Crippen LogP contribution in [0.5, 0.6) is 0 Å². The summed E-state index contributed by atoms with van der Waals surface area (Å²) in [6.45, 7) is 0. The lowest BCUT2D eigenvalue weighted by molar-refractivity contribution is -0.387. The number of nitrogens with zero attached hydrogens (tertiary/aromatic N) is 3. The molecule has 7 heteroatoms. The third kappa shape index (κ3) is 1.71. The van der Waals surface area contributed by atoms with Crippen LogP contribution in [0, 0.1) is 15.9 Å². The molecule has 0 N–H and O–H groups in total. The summed E-state index contributed by atoms with van der Waals surface area (Å²) in [7, 11) is 0. The molecule has 0 aliphatic carbocycles. The summed E-state index contributed by atoms with van der Waals surface area (Å²) < 4.78 is 13.2. The van der Waals surface area contributed by atoms with Gasteiger partial charge in [-0.25, -0.2) is 9.97 Å². The monoisotopic (exact) mass is 227 g/mol. The van der Waals surface area contributed by atoms with Crippen LogP contribution < -0.4 is 0 Å². The molecule has 1 aromatic carbocycles. The fourth-order valence-electron chi connectivity index (χ4n) is 1.16. The number of hydrogen-bond acceptors (Lipinski definition) is 4. The van der Waals surface area contributed by atoms with Crippen LogP contribution in [0.15, 0.2) is 18.3 Å². The molecule has 0 atom stereocenters. The summed E-state index contributed by atoms with van der Waals surface area (Å²) in [6, 6.07) is 2.03. The second kappa shape index (κ2) is 3.39. The molecule has 0 saturated carbocycles. The Balaban J connectivity index is 2.76. The highest BCUT2D eigenvalue weighted by Crippen LogP contribution is 2.23. The van der Waals surface area contributed by atoms with Gasteiger partial charge in [-0.15, -0.1) is 0 Å². The second-order valence-corrected chi connectivity index (χ2v) is 3.10. The number of halogens is 2. The summed E-state index contributed by atoms with van der Waals surface area (Å²) in [6.07, 6.45) is 1.30. The minimum Gasteiger partial charge on any atom is -0.258 e. The highest BCUT2D eigenvalue weighted by molar-refractivity contribution is 6.28. The Labute approximate surface area is 87.7 Å². The maximum Gasteiger partial charge on any atom is 0.305 e. The number of hydrogen-bond donors (Lipinski definition) is 0. The smallest absolute Gasteiger partial charge is 0.258 e. The van der Waals surface area contributed by atoms with Crippen molar-refractivity contribution in [1.29, 1.82) is 0 Å². The molecular formula is C8H3ClFN3O2. The van der Waals surface area contributed by atoms with Gasteiger partial charge in [0.2, 0.25) is 11.1 Å². The number of nitro benzene ring substituents is 1. The van der Waals surface area contributed by atoms with Crippen LogP contribution in [0.25, 0.3) is 10.9 Å². The normalized spacial score (nSPS) is 10.5. The molecule has 1 heterocycles. The van der Waals surface area contributed by atoms with Crippen LogP contribution in [-0.2, 0) is 0 Å². The SMILES string of the molecule is O=[N+]([O-])c1cc2cnc(Cl)nc2cc1F. The van der Waals surface area contributed by atoms with Crippen LogP contribution in [0.2, 0.25) is 5.28 Å². The Bertz CT molecular complexity index is 561. The van der Waals surface area contributed by atoms with Crippen molar-refractivity contribution in [3.05, 3.63) is 39.5 Å². The zero-order valence-corrected chi connectivity index (χ0v) is 7.90. The van der Waals surface area contributed by atoms with Gasteiger partial charge in [0.25, 0.3) is 0 Å². The third-order valence-electron chi connectivity index (χ3n) is 1.82. The first kappa shape index (κ1) is 9.72. The maximum absolute atomic E-state index is 13.2. The van der Waals surface area contributed by atoms with E-state index >= 15 is 0 Å². The molecule has 0 aliphatic heterocycles.